The summed E-state index contributed by atoms with van der Waals surface area (Å²) in [6.07, 6.45) is 7.25. The van der Waals surface area contributed by atoms with Crippen LogP contribution in [0.2, 0.25) is 0 Å². The molecular weight excluding hydrogens is 258 g/mol. The van der Waals surface area contributed by atoms with Crippen molar-refractivity contribution in [2.45, 2.75) is 33.6 Å². The molecule has 0 N–H and O–H groups in total. The van der Waals surface area contributed by atoms with Crippen molar-refractivity contribution in [3.8, 4) is 0 Å². The second-order valence-corrected chi connectivity index (χ2v) is 10.6. The molecule has 0 radical (unpaired) electrons. The monoisotopic (exact) mass is 286 g/mol. The van der Waals surface area contributed by atoms with Gasteiger partial charge in [-0.25, -0.2) is 0 Å². The average Bonchev–Trinajstić information content (AvgIpc) is 2.30. The summed E-state index contributed by atoms with van der Waals surface area (Å²) in [6, 6.07) is 0. The number of rotatable bonds is 7. The Morgan fingerprint density at radius 1 is 1.06 bits per heavy atom. The fourth-order valence-corrected chi connectivity index (χ4v) is 4.75. The van der Waals surface area contributed by atoms with Gasteiger partial charge in [-0.15, -0.1) is 0 Å². The van der Waals surface area contributed by atoms with E-state index in [1.165, 1.54) is 31.3 Å². The molecule has 0 aliphatic heterocycles. The molecule has 0 unspecified atom stereocenters. The van der Waals surface area contributed by atoms with Gasteiger partial charge in [-0.2, -0.15) is 0 Å². The summed E-state index contributed by atoms with van der Waals surface area (Å²) < 4.78 is 17.7. The van der Waals surface area contributed by atoms with E-state index in [0.717, 1.165) is 14.2 Å². The molecule has 0 saturated carbocycles. The standard InChI is InChI=1S/C9H22P.C2H7O4P/c1-5-8-10(4,7-3)9-6-2;1-5-7(3,4)6-2/h5-9H2,1-4H3;1-2H3,(H,3,4)/q+1;/p-1. The van der Waals surface area contributed by atoms with Crippen LogP contribution >= 0.6 is 15.1 Å². The molecule has 0 aliphatic rings. The van der Waals surface area contributed by atoms with E-state index in [4.69, 9.17) is 0 Å². The highest BCUT2D eigenvalue weighted by atomic mass is 31.2. The van der Waals surface area contributed by atoms with E-state index in [2.05, 4.69) is 36.5 Å². The van der Waals surface area contributed by atoms with E-state index in [-0.39, 0.29) is 0 Å². The Morgan fingerprint density at radius 2 is 1.41 bits per heavy atom. The zero-order valence-electron chi connectivity index (χ0n) is 12.1. The van der Waals surface area contributed by atoms with Crippen LogP contribution in [0.3, 0.4) is 0 Å². The first kappa shape index (κ1) is 19.9. The first-order valence-corrected chi connectivity index (χ1v) is 10.3. The summed E-state index contributed by atoms with van der Waals surface area (Å²) in [5, 5.41) is 0. The SMILES string of the molecule is CCC[P+](C)(CC)CCC.COP(=O)([O-])OC. The van der Waals surface area contributed by atoms with Gasteiger partial charge < -0.3 is 13.9 Å². The smallest absolute Gasteiger partial charge is 0.267 e. The molecule has 4 nitrogen and oxygen atoms in total. The predicted molar refractivity (Wildman–Crippen MR) is 75.3 cm³/mol. The van der Waals surface area contributed by atoms with Gasteiger partial charge in [0.1, 0.15) is 0 Å². The molecule has 0 atom stereocenters. The van der Waals surface area contributed by atoms with Crippen molar-refractivity contribution in [1.82, 2.24) is 0 Å². The zero-order valence-corrected chi connectivity index (χ0v) is 13.9. The molecule has 0 spiro atoms. The minimum absolute atomic E-state index is 0.450. The molecule has 0 amide bonds. The van der Waals surface area contributed by atoms with Gasteiger partial charge in [-0.05, 0) is 19.8 Å². The minimum Gasteiger partial charge on any atom is -0.756 e. The second-order valence-electron chi connectivity index (χ2n) is 4.20. The van der Waals surface area contributed by atoms with Gasteiger partial charge in [-0.1, -0.05) is 13.8 Å². The maximum Gasteiger partial charge on any atom is 0.267 e. The minimum atomic E-state index is -3.90. The zero-order chi connectivity index (χ0) is 13.9. The molecule has 0 saturated heterocycles. The average molecular weight is 286 g/mol. The largest absolute Gasteiger partial charge is 0.756 e. The summed E-state index contributed by atoms with van der Waals surface area (Å²) in [7, 11) is -2.28. The van der Waals surface area contributed by atoms with Crippen molar-refractivity contribution in [3.63, 3.8) is 0 Å². The lowest BCUT2D eigenvalue weighted by molar-refractivity contribution is -0.220. The van der Waals surface area contributed by atoms with Crippen molar-refractivity contribution < 1.29 is 18.5 Å². The molecule has 6 heteroatoms. The topological polar surface area (TPSA) is 58.6 Å². The van der Waals surface area contributed by atoms with E-state index in [0.29, 0.717) is 0 Å². The van der Waals surface area contributed by atoms with Crippen molar-refractivity contribution in [2.75, 3.05) is 39.4 Å². The van der Waals surface area contributed by atoms with Crippen LogP contribution in [0.5, 0.6) is 0 Å². The van der Waals surface area contributed by atoms with Crippen LogP contribution in [0.1, 0.15) is 33.6 Å². The molecule has 0 rings (SSSR count). The third-order valence-corrected chi connectivity index (χ3v) is 8.21. The number of phosphoric acid groups is 1. The highest BCUT2D eigenvalue weighted by Crippen LogP contribution is 2.55. The number of hydrogen-bond donors (Lipinski definition) is 0. The predicted octanol–water partition coefficient (Wildman–Crippen LogP) is 3.22. The van der Waals surface area contributed by atoms with Gasteiger partial charge in [0.15, 0.2) is 0 Å². The summed E-state index contributed by atoms with van der Waals surface area (Å²) in [4.78, 5) is 9.95. The van der Waals surface area contributed by atoms with E-state index in [1.807, 2.05) is 0 Å². The Labute approximate surface area is 107 Å². The Balaban J connectivity index is 0. The lowest BCUT2D eigenvalue weighted by Gasteiger charge is -2.19. The summed E-state index contributed by atoms with van der Waals surface area (Å²) in [5.74, 6) is 0. The first-order chi connectivity index (χ1) is 7.80. The van der Waals surface area contributed by atoms with E-state index >= 15 is 0 Å². The van der Waals surface area contributed by atoms with E-state index in [1.54, 1.807) is 0 Å². The van der Waals surface area contributed by atoms with Crippen LogP contribution < -0.4 is 4.89 Å². The summed E-state index contributed by atoms with van der Waals surface area (Å²) in [5.41, 5.74) is 0. The van der Waals surface area contributed by atoms with Gasteiger partial charge in [-0.3, -0.25) is 4.57 Å². The Bertz CT molecular complexity index is 208. The van der Waals surface area contributed by atoms with Crippen LogP contribution in [-0.2, 0) is 13.6 Å². The van der Waals surface area contributed by atoms with Gasteiger partial charge in [0.2, 0.25) is 0 Å². The quantitative estimate of drug-likeness (QED) is 0.674. The molecule has 106 valence electrons. The van der Waals surface area contributed by atoms with Gasteiger partial charge in [0.05, 0.1) is 18.5 Å². The van der Waals surface area contributed by atoms with Crippen molar-refractivity contribution >= 4 is 15.1 Å². The lowest BCUT2D eigenvalue weighted by atomic mass is 10.6. The third-order valence-electron chi connectivity index (χ3n) is 2.74. The van der Waals surface area contributed by atoms with Crippen LogP contribution in [0.4, 0.5) is 0 Å². The Morgan fingerprint density at radius 3 is 1.53 bits per heavy atom. The molecule has 0 aromatic carbocycles. The fraction of sp³-hybridized carbons (Fsp3) is 1.00. The van der Waals surface area contributed by atoms with Crippen LogP contribution in [0.25, 0.3) is 0 Å². The lowest BCUT2D eigenvalue weighted by Crippen LogP contribution is -2.03. The van der Waals surface area contributed by atoms with Gasteiger partial charge in [0.25, 0.3) is 7.82 Å². The maximum absolute atomic E-state index is 9.95. The maximum atomic E-state index is 9.95. The molecule has 0 fully saturated rings. The second kappa shape index (κ2) is 10.5. The van der Waals surface area contributed by atoms with Crippen LogP contribution in [-0.4, -0.2) is 39.4 Å². The summed E-state index contributed by atoms with van der Waals surface area (Å²) in [6.45, 7) is 9.51. The highest BCUT2D eigenvalue weighted by molar-refractivity contribution is 7.75. The molecule has 0 heterocycles. The van der Waals surface area contributed by atoms with Gasteiger partial charge in [0, 0.05) is 28.1 Å². The first-order valence-electron chi connectivity index (χ1n) is 6.06. The van der Waals surface area contributed by atoms with Gasteiger partial charge >= 0.3 is 0 Å². The highest BCUT2D eigenvalue weighted by Gasteiger charge is 2.25. The molecule has 0 bridgehead atoms. The van der Waals surface area contributed by atoms with Crippen molar-refractivity contribution in [1.29, 1.82) is 0 Å². The molecule has 17 heavy (non-hydrogen) atoms. The Kier molecular flexibility index (Phi) is 12.2. The van der Waals surface area contributed by atoms with Crippen molar-refractivity contribution in [2.24, 2.45) is 0 Å². The fourth-order valence-electron chi connectivity index (χ4n) is 1.58. The normalized spacial score (nSPS) is 11.9. The third kappa shape index (κ3) is 11.4. The molecule has 0 aromatic rings. The number of phosphoric ester groups is 1. The van der Waals surface area contributed by atoms with E-state index in [9.17, 15) is 9.46 Å². The van der Waals surface area contributed by atoms with Crippen molar-refractivity contribution in [3.05, 3.63) is 0 Å². The summed E-state index contributed by atoms with van der Waals surface area (Å²) >= 11 is 0. The van der Waals surface area contributed by atoms with Crippen LogP contribution in [0.15, 0.2) is 0 Å². The molecule has 0 aliphatic carbocycles. The van der Waals surface area contributed by atoms with E-state index < -0.39 is 15.1 Å². The Hall–Kier alpha value is 0.540. The number of hydrogen-bond acceptors (Lipinski definition) is 4. The van der Waals surface area contributed by atoms with Crippen LogP contribution in [0, 0.1) is 0 Å². The molecular formula is C11H28O4P2. The molecule has 0 aromatic heterocycles.